The van der Waals surface area contributed by atoms with Crippen molar-refractivity contribution in [3.8, 4) is 5.75 Å². The molecule has 1 atom stereocenters. The van der Waals surface area contributed by atoms with E-state index in [1.165, 1.54) is 12.8 Å². The van der Waals surface area contributed by atoms with Gasteiger partial charge in [0.15, 0.2) is 6.10 Å². The van der Waals surface area contributed by atoms with Crippen LogP contribution in [0.1, 0.15) is 26.2 Å². The smallest absolute Gasteiger partial charge is 0.265 e. The summed E-state index contributed by atoms with van der Waals surface area (Å²) in [5, 5.41) is 3.05. The Bertz CT molecular complexity index is 666. The molecular formula is C20H24N2O2. The van der Waals surface area contributed by atoms with E-state index in [-0.39, 0.29) is 5.91 Å². The lowest BCUT2D eigenvalue weighted by Gasteiger charge is -2.23. The molecule has 4 nitrogen and oxygen atoms in total. The molecule has 1 fully saturated rings. The summed E-state index contributed by atoms with van der Waals surface area (Å²) >= 11 is 0. The third-order valence-corrected chi connectivity index (χ3v) is 4.29. The summed E-state index contributed by atoms with van der Waals surface area (Å²) in [5.74, 6) is 0.611. The van der Waals surface area contributed by atoms with Gasteiger partial charge in [0.1, 0.15) is 5.75 Å². The molecule has 0 bridgehead atoms. The number of ether oxygens (including phenoxy) is 1. The van der Waals surface area contributed by atoms with Crippen LogP contribution in [0.3, 0.4) is 0 Å². The minimum atomic E-state index is -0.501. The van der Waals surface area contributed by atoms with Gasteiger partial charge in [-0.3, -0.25) is 4.79 Å². The Morgan fingerprint density at radius 2 is 1.75 bits per heavy atom. The Balaban J connectivity index is 1.71. The minimum absolute atomic E-state index is 0.104. The molecule has 1 saturated heterocycles. The fraction of sp³-hybridized carbons (Fsp3) is 0.350. The molecule has 0 spiro atoms. The van der Waals surface area contributed by atoms with Crippen LogP contribution in [0.5, 0.6) is 5.75 Å². The number of carbonyl (C=O) groups excluding carboxylic acids is 1. The third kappa shape index (κ3) is 3.88. The van der Waals surface area contributed by atoms with Crippen LogP contribution in [0, 0.1) is 0 Å². The van der Waals surface area contributed by atoms with Crippen LogP contribution in [-0.4, -0.2) is 25.1 Å². The SMILES string of the molecule is CC[C@H](Oc1ccccc1)C(=O)Nc1ccccc1N1CCCC1. The van der Waals surface area contributed by atoms with E-state index in [0.717, 1.165) is 24.5 Å². The van der Waals surface area contributed by atoms with E-state index >= 15 is 0 Å². The molecular weight excluding hydrogens is 300 g/mol. The molecule has 1 N–H and O–H groups in total. The van der Waals surface area contributed by atoms with E-state index in [1.807, 2.05) is 55.5 Å². The topological polar surface area (TPSA) is 41.6 Å². The van der Waals surface area contributed by atoms with E-state index in [4.69, 9.17) is 4.74 Å². The number of nitrogens with one attached hydrogen (secondary N) is 1. The number of nitrogens with zero attached hydrogens (tertiary/aromatic N) is 1. The lowest BCUT2D eigenvalue weighted by Crippen LogP contribution is -2.33. The monoisotopic (exact) mass is 324 g/mol. The summed E-state index contributed by atoms with van der Waals surface area (Å²) < 4.78 is 5.84. The maximum Gasteiger partial charge on any atom is 0.265 e. The van der Waals surface area contributed by atoms with Crippen LogP contribution in [0.15, 0.2) is 54.6 Å². The van der Waals surface area contributed by atoms with E-state index < -0.39 is 6.10 Å². The van der Waals surface area contributed by atoms with E-state index in [1.54, 1.807) is 0 Å². The second-order valence-corrected chi connectivity index (χ2v) is 6.03. The molecule has 24 heavy (non-hydrogen) atoms. The first-order valence-electron chi connectivity index (χ1n) is 8.64. The van der Waals surface area contributed by atoms with Crippen molar-refractivity contribution in [2.24, 2.45) is 0 Å². The van der Waals surface area contributed by atoms with Crippen LogP contribution in [-0.2, 0) is 4.79 Å². The largest absolute Gasteiger partial charge is 0.481 e. The quantitative estimate of drug-likeness (QED) is 0.870. The maximum atomic E-state index is 12.7. The van der Waals surface area contributed by atoms with E-state index in [0.29, 0.717) is 12.2 Å². The number of carbonyl (C=O) groups is 1. The summed E-state index contributed by atoms with van der Waals surface area (Å²) in [4.78, 5) is 15.0. The third-order valence-electron chi connectivity index (χ3n) is 4.29. The fourth-order valence-electron chi connectivity index (χ4n) is 3.01. The summed E-state index contributed by atoms with van der Waals surface area (Å²) in [6.45, 7) is 4.05. The second-order valence-electron chi connectivity index (χ2n) is 6.03. The number of rotatable bonds is 6. The van der Waals surface area contributed by atoms with Crippen molar-refractivity contribution in [3.05, 3.63) is 54.6 Å². The highest BCUT2D eigenvalue weighted by Gasteiger charge is 2.21. The first-order valence-corrected chi connectivity index (χ1v) is 8.64. The van der Waals surface area contributed by atoms with Crippen LogP contribution < -0.4 is 15.0 Å². The molecule has 126 valence electrons. The molecule has 0 saturated carbocycles. The lowest BCUT2D eigenvalue weighted by molar-refractivity contribution is -0.122. The molecule has 1 aliphatic rings. The summed E-state index contributed by atoms with van der Waals surface area (Å²) in [6, 6.07) is 17.5. The van der Waals surface area contributed by atoms with Gasteiger partial charge < -0.3 is 15.0 Å². The number of amides is 1. The molecule has 1 amide bonds. The summed E-state index contributed by atoms with van der Waals surface area (Å²) in [7, 11) is 0. The molecule has 4 heteroatoms. The molecule has 1 aliphatic heterocycles. The number of benzene rings is 2. The Morgan fingerprint density at radius 1 is 1.08 bits per heavy atom. The minimum Gasteiger partial charge on any atom is -0.481 e. The predicted octanol–water partition coefficient (Wildman–Crippen LogP) is 4.08. The molecule has 2 aromatic carbocycles. The predicted molar refractivity (Wildman–Crippen MR) is 97.7 cm³/mol. The van der Waals surface area contributed by atoms with E-state index in [9.17, 15) is 4.79 Å². The fourth-order valence-corrected chi connectivity index (χ4v) is 3.01. The standard InChI is InChI=1S/C20H24N2O2/c1-2-19(24-16-10-4-3-5-11-16)20(23)21-17-12-6-7-13-18(17)22-14-8-9-15-22/h3-7,10-13,19H,2,8-9,14-15H2,1H3,(H,21,23)/t19-/m0/s1. The number of para-hydroxylation sites is 3. The van der Waals surface area contributed by atoms with Gasteiger partial charge in [0.2, 0.25) is 0 Å². The van der Waals surface area contributed by atoms with Crippen molar-refractivity contribution in [1.29, 1.82) is 0 Å². The van der Waals surface area contributed by atoms with Gasteiger partial charge in [-0.25, -0.2) is 0 Å². The molecule has 1 heterocycles. The molecule has 3 rings (SSSR count). The highest BCUT2D eigenvalue weighted by Crippen LogP contribution is 2.29. The van der Waals surface area contributed by atoms with Gasteiger partial charge >= 0.3 is 0 Å². The van der Waals surface area contributed by atoms with Gasteiger partial charge in [-0.2, -0.15) is 0 Å². The molecule has 2 aromatic rings. The average molecular weight is 324 g/mol. The molecule has 0 unspecified atom stereocenters. The van der Waals surface area contributed by atoms with Crippen molar-refractivity contribution >= 4 is 17.3 Å². The first-order chi connectivity index (χ1) is 11.8. The van der Waals surface area contributed by atoms with Gasteiger partial charge in [-0.15, -0.1) is 0 Å². The van der Waals surface area contributed by atoms with Crippen molar-refractivity contribution in [3.63, 3.8) is 0 Å². The first kappa shape index (κ1) is 16.4. The van der Waals surface area contributed by atoms with Crippen LogP contribution in [0.4, 0.5) is 11.4 Å². The van der Waals surface area contributed by atoms with Crippen LogP contribution >= 0.6 is 0 Å². The highest BCUT2D eigenvalue weighted by molar-refractivity contribution is 5.97. The van der Waals surface area contributed by atoms with Gasteiger partial charge in [0, 0.05) is 13.1 Å². The number of hydrogen-bond acceptors (Lipinski definition) is 3. The van der Waals surface area contributed by atoms with Crippen molar-refractivity contribution in [2.45, 2.75) is 32.3 Å². The Kier molecular flexibility index (Phi) is 5.36. The lowest BCUT2D eigenvalue weighted by atomic mass is 10.2. The van der Waals surface area contributed by atoms with Gasteiger partial charge in [-0.05, 0) is 43.5 Å². The van der Waals surface area contributed by atoms with Crippen molar-refractivity contribution in [2.75, 3.05) is 23.3 Å². The zero-order chi connectivity index (χ0) is 16.8. The van der Waals surface area contributed by atoms with Gasteiger partial charge in [0.05, 0.1) is 11.4 Å². The summed E-state index contributed by atoms with van der Waals surface area (Å²) in [5.41, 5.74) is 1.96. The Morgan fingerprint density at radius 3 is 2.46 bits per heavy atom. The van der Waals surface area contributed by atoms with Gasteiger partial charge in [-0.1, -0.05) is 37.3 Å². The van der Waals surface area contributed by atoms with Gasteiger partial charge in [0.25, 0.3) is 5.91 Å². The summed E-state index contributed by atoms with van der Waals surface area (Å²) in [6.07, 6.45) is 2.53. The zero-order valence-electron chi connectivity index (χ0n) is 14.1. The molecule has 0 aromatic heterocycles. The zero-order valence-corrected chi connectivity index (χ0v) is 14.1. The Hall–Kier alpha value is -2.49. The van der Waals surface area contributed by atoms with Crippen molar-refractivity contribution in [1.82, 2.24) is 0 Å². The van der Waals surface area contributed by atoms with Crippen LogP contribution in [0.2, 0.25) is 0 Å². The average Bonchev–Trinajstić information content (AvgIpc) is 3.15. The normalized spacial score (nSPS) is 15.1. The highest BCUT2D eigenvalue weighted by atomic mass is 16.5. The van der Waals surface area contributed by atoms with E-state index in [2.05, 4.69) is 16.3 Å². The Labute approximate surface area is 143 Å². The van der Waals surface area contributed by atoms with Crippen molar-refractivity contribution < 1.29 is 9.53 Å². The maximum absolute atomic E-state index is 12.7. The number of hydrogen-bond donors (Lipinski definition) is 1. The van der Waals surface area contributed by atoms with Crippen LogP contribution in [0.25, 0.3) is 0 Å². The second kappa shape index (κ2) is 7.86. The molecule has 0 aliphatic carbocycles. The molecule has 0 radical (unpaired) electrons. The number of anilines is 2.